The Morgan fingerprint density at radius 3 is 2.56 bits per heavy atom. The van der Waals surface area contributed by atoms with E-state index in [1.165, 1.54) is 30.9 Å². The molecule has 0 saturated heterocycles. The minimum absolute atomic E-state index is 0.0750. The van der Waals surface area contributed by atoms with Crippen LogP contribution < -0.4 is 22.1 Å². The van der Waals surface area contributed by atoms with Crippen LogP contribution >= 0.6 is 0 Å². The molecule has 4 heterocycles. The Kier molecular flexibility index (Phi) is 5.35. The number of nitrogens with one attached hydrogen (secondary N) is 1. The van der Waals surface area contributed by atoms with Crippen molar-refractivity contribution in [1.82, 2.24) is 23.7 Å². The van der Waals surface area contributed by atoms with Crippen LogP contribution in [0.1, 0.15) is 41.9 Å². The maximum Gasteiger partial charge on any atom is 0.332 e. The zero-order chi connectivity index (χ0) is 24.0. The van der Waals surface area contributed by atoms with E-state index >= 15 is 0 Å². The van der Waals surface area contributed by atoms with Crippen LogP contribution in [0.2, 0.25) is 0 Å². The van der Waals surface area contributed by atoms with E-state index < -0.39 is 17.2 Å². The fourth-order valence-electron chi connectivity index (χ4n) is 4.47. The SMILES string of the molecule is Cn1c(=O)c2cc(NC(=O)c3ccc4c(=O)n5c(nc4c3)CCCCCC5)cnc2n(C)c1=O. The molecule has 0 spiro atoms. The average Bonchev–Trinajstić information content (AvgIpc) is 2.82. The van der Waals surface area contributed by atoms with Crippen molar-refractivity contribution in [2.24, 2.45) is 14.1 Å². The van der Waals surface area contributed by atoms with Gasteiger partial charge in [-0.2, -0.15) is 0 Å². The topological polar surface area (TPSA) is 121 Å². The van der Waals surface area contributed by atoms with Gasteiger partial charge in [0, 0.05) is 32.6 Å². The molecule has 0 unspecified atom stereocenters. The maximum absolute atomic E-state index is 13.0. The minimum atomic E-state index is -0.492. The average molecular weight is 460 g/mol. The number of rotatable bonds is 2. The molecule has 0 fully saturated rings. The van der Waals surface area contributed by atoms with E-state index in [0.29, 0.717) is 28.7 Å². The van der Waals surface area contributed by atoms with Crippen LogP contribution in [0.4, 0.5) is 5.69 Å². The number of aromatic nitrogens is 5. The first-order valence-corrected chi connectivity index (χ1v) is 11.3. The lowest BCUT2D eigenvalue weighted by Crippen LogP contribution is -2.37. The zero-order valence-electron chi connectivity index (χ0n) is 19.0. The Labute approximate surface area is 193 Å². The summed E-state index contributed by atoms with van der Waals surface area (Å²) in [5, 5.41) is 3.44. The fraction of sp³-hybridized carbons (Fsp3) is 0.333. The molecule has 0 bridgehead atoms. The van der Waals surface area contributed by atoms with Gasteiger partial charge >= 0.3 is 5.69 Å². The third-order valence-corrected chi connectivity index (χ3v) is 6.38. The number of nitrogens with zero attached hydrogens (tertiary/aromatic N) is 5. The van der Waals surface area contributed by atoms with Crippen LogP contribution in [0.25, 0.3) is 21.9 Å². The first-order chi connectivity index (χ1) is 16.3. The summed E-state index contributed by atoms with van der Waals surface area (Å²) < 4.78 is 4.03. The first kappa shape index (κ1) is 21.7. The molecule has 3 aromatic heterocycles. The molecule has 0 radical (unpaired) electrons. The molecule has 0 saturated carbocycles. The van der Waals surface area contributed by atoms with Crippen molar-refractivity contribution in [2.45, 2.75) is 38.6 Å². The van der Waals surface area contributed by atoms with E-state index in [4.69, 9.17) is 4.98 Å². The van der Waals surface area contributed by atoms with Gasteiger partial charge in [0.2, 0.25) is 0 Å². The monoisotopic (exact) mass is 460 g/mol. The van der Waals surface area contributed by atoms with Crippen LogP contribution in [0, 0.1) is 0 Å². The quantitative estimate of drug-likeness (QED) is 0.486. The van der Waals surface area contributed by atoms with Crippen molar-refractivity contribution in [2.75, 3.05) is 5.32 Å². The lowest BCUT2D eigenvalue weighted by molar-refractivity contribution is 0.102. The van der Waals surface area contributed by atoms with Crippen LogP contribution in [0.5, 0.6) is 0 Å². The van der Waals surface area contributed by atoms with Gasteiger partial charge < -0.3 is 5.32 Å². The lowest BCUT2D eigenvalue weighted by atomic mass is 10.1. The largest absolute Gasteiger partial charge is 0.332 e. The molecule has 5 rings (SSSR count). The molecule has 1 amide bonds. The van der Waals surface area contributed by atoms with Crippen molar-refractivity contribution < 1.29 is 4.79 Å². The molecule has 1 aliphatic heterocycles. The second-order valence-electron chi connectivity index (χ2n) is 8.64. The van der Waals surface area contributed by atoms with Gasteiger partial charge in [-0.1, -0.05) is 12.8 Å². The number of benzene rings is 1. The standard InChI is InChI=1S/C24H24N6O4/c1-28-20-17(22(32)29(2)24(28)34)12-15(13-25-20)26-21(31)14-8-9-16-18(11-14)27-19-7-5-3-4-6-10-30(19)23(16)33/h8-9,11-13H,3-7,10H2,1-2H3,(H,26,31). The number of fused-ring (bicyclic) bond motifs is 3. The summed E-state index contributed by atoms with van der Waals surface area (Å²) >= 11 is 0. The summed E-state index contributed by atoms with van der Waals surface area (Å²) in [5.74, 6) is 0.341. The van der Waals surface area contributed by atoms with E-state index in [2.05, 4.69) is 10.3 Å². The van der Waals surface area contributed by atoms with Crippen LogP contribution in [-0.2, 0) is 27.1 Å². The Morgan fingerprint density at radius 1 is 0.941 bits per heavy atom. The molecule has 0 aliphatic carbocycles. The Bertz CT molecular complexity index is 1650. The Hall–Kier alpha value is -4.08. The summed E-state index contributed by atoms with van der Waals surface area (Å²) in [5.41, 5.74) is 0.337. The molecule has 34 heavy (non-hydrogen) atoms. The molecule has 0 atom stereocenters. The summed E-state index contributed by atoms with van der Waals surface area (Å²) in [6, 6.07) is 6.34. The molecule has 10 nitrogen and oxygen atoms in total. The molecule has 1 aliphatic rings. The predicted molar refractivity (Wildman–Crippen MR) is 128 cm³/mol. The van der Waals surface area contributed by atoms with Crippen molar-refractivity contribution in [1.29, 1.82) is 0 Å². The van der Waals surface area contributed by atoms with Crippen molar-refractivity contribution in [3.8, 4) is 0 Å². The van der Waals surface area contributed by atoms with Gasteiger partial charge in [0.25, 0.3) is 17.0 Å². The number of aryl methyl sites for hydroxylation is 2. The number of hydrogen-bond acceptors (Lipinski definition) is 6. The summed E-state index contributed by atoms with van der Waals surface area (Å²) in [7, 11) is 2.92. The van der Waals surface area contributed by atoms with Crippen LogP contribution in [-0.4, -0.2) is 29.6 Å². The number of carbonyl (C=O) groups excluding carboxylic acids is 1. The van der Waals surface area contributed by atoms with Crippen molar-refractivity contribution >= 4 is 33.5 Å². The maximum atomic E-state index is 13.0. The van der Waals surface area contributed by atoms with E-state index in [-0.39, 0.29) is 16.6 Å². The molecule has 10 heteroatoms. The molecular weight excluding hydrogens is 436 g/mol. The van der Waals surface area contributed by atoms with E-state index in [1.54, 1.807) is 22.8 Å². The minimum Gasteiger partial charge on any atom is -0.321 e. The molecule has 174 valence electrons. The number of amides is 1. The van der Waals surface area contributed by atoms with Crippen LogP contribution in [0.3, 0.4) is 0 Å². The molecule has 1 aromatic carbocycles. The van der Waals surface area contributed by atoms with Gasteiger partial charge in [0.1, 0.15) is 11.5 Å². The van der Waals surface area contributed by atoms with Crippen LogP contribution in [0.15, 0.2) is 44.8 Å². The Balaban J connectivity index is 1.50. The van der Waals surface area contributed by atoms with Gasteiger partial charge in [0.15, 0.2) is 0 Å². The summed E-state index contributed by atoms with van der Waals surface area (Å²) in [4.78, 5) is 59.5. The summed E-state index contributed by atoms with van der Waals surface area (Å²) in [6.45, 7) is 0.666. The smallest absolute Gasteiger partial charge is 0.321 e. The first-order valence-electron chi connectivity index (χ1n) is 11.3. The fourth-order valence-corrected chi connectivity index (χ4v) is 4.47. The third kappa shape index (κ3) is 3.60. The van der Waals surface area contributed by atoms with Crippen molar-refractivity contribution in [3.63, 3.8) is 0 Å². The van der Waals surface area contributed by atoms with E-state index in [1.807, 2.05) is 0 Å². The third-order valence-electron chi connectivity index (χ3n) is 6.38. The van der Waals surface area contributed by atoms with Gasteiger partial charge in [-0.05, 0) is 37.1 Å². The second-order valence-corrected chi connectivity index (χ2v) is 8.64. The van der Waals surface area contributed by atoms with Gasteiger partial charge in [-0.15, -0.1) is 0 Å². The highest BCUT2D eigenvalue weighted by Crippen LogP contribution is 2.18. The Morgan fingerprint density at radius 2 is 1.74 bits per heavy atom. The number of pyridine rings is 1. The van der Waals surface area contributed by atoms with E-state index in [9.17, 15) is 19.2 Å². The molecule has 1 N–H and O–H groups in total. The summed E-state index contributed by atoms with van der Waals surface area (Å²) in [6.07, 6.45) is 6.30. The zero-order valence-corrected chi connectivity index (χ0v) is 19.0. The molecule has 4 aromatic rings. The highest BCUT2D eigenvalue weighted by atomic mass is 16.2. The van der Waals surface area contributed by atoms with E-state index in [0.717, 1.165) is 42.5 Å². The normalized spacial score (nSPS) is 13.9. The predicted octanol–water partition coefficient (Wildman–Crippen LogP) is 1.71. The number of anilines is 1. The lowest BCUT2D eigenvalue weighted by Gasteiger charge is -2.16. The molecular formula is C24H24N6O4. The number of carbonyl (C=O) groups is 1. The van der Waals surface area contributed by atoms with Gasteiger partial charge in [-0.3, -0.25) is 28.1 Å². The van der Waals surface area contributed by atoms with Crippen molar-refractivity contribution in [3.05, 3.63) is 73.0 Å². The highest BCUT2D eigenvalue weighted by molar-refractivity contribution is 6.06. The highest BCUT2D eigenvalue weighted by Gasteiger charge is 2.16. The van der Waals surface area contributed by atoms with Gasteiger partial charge in [0.05, 0.1) is 28.2 Å². The van der Waals surface area contributed by atoms with Gasteiger partial charge in [-0.25, -0.2) is 14.8 Å². The number of hydrogen-bond donors (Lipinski definition) is 1. The second kappa shape index (κ2) is 8.36.